The number of carbonyl (C=O) groups excluding carboxylic acids is 2. The normalized spacial score (nSPS) is 14.4. The number of carboxylic acid groups (broad SMARTS) is 1. The van der Waals surface area contributed by atoms with Gasteiger partial charge in [-0.1, -0.05) is 41.0 Å². The molecule has 8 nitrogen and oxygen atoms in total. The minimum atomic E-state index is -0.970. The molecule has 2 aromatic carbocycles. The zero-order valence-corrected chi connectivity index (χ0v) is 20.8. The SMILES string of the molecule is CCOc1cc(/C=C2/SC(=S)N(NC(=O)c3ccc(Cl)cc3Cl)C2=O)ccc1OCCC(=O)O. The lowest BCUT2D eigenvalue weighted by Gasteiger charge is -2.16. The van der Waals surface area contributed by atoms with Crippen LogP contribution in [-0.4, -0.2) is 45.4 Å². The number of ether oxygens (including phenoxy) is 2. The molecule has 0 aromatic heterocycles. The average molecular weight is 541 g/mol. The number of halogens is 2. The number of aliphatic carboxylic acids is 1. The van der Waals surface area contributed by atoms with E-state index in [1.54, 1.807) is 31.2 Å². The highest BCUT2D eigenvalue weighted by Crippen LogP contribution is 2.34. The summed E-state index contributed by atoms with van der Waals surface area (Å²) in [6.07, 6.45) is 1.45. The van der Waals surface area contributed by atoms with Gasteiger partial charge in [0.25, 0.3) is 11.8 Å². The van der Waals surface area contributed by atoms with Gasteiger partial charge in [-0.3, -0.25) is 19.8 Å². The van der Waals surface area contributed by atoms with Gasteiger partial charge in [0.05, 0.1) is 35.1 Å². The number of rotatable bonds is 9. The fourth-order valence-corrected chi connectivity index (χ4v) is 4.47. The van der Waals surface area contributed by atoms with Crippen LogP contribution in [0.15, 0.2) is 41.3 Å². The van der Waals surface area contributed by atoms with E-state index < -0.39 is 17.8 Å². The molecule has 0 bridgehead atoms. The van der Waals surface area contributed by atoms with Gasteiger partial charge in [0.2, 0.25) is 0 Å². The monoisotopic (exact) mass is 540 g/mol. The molecule has 0 aliphatic carbocycles. The van der Waals surface area contributed by atoms with Crippen molar-refractivity contribution in [3.63, 3.8) is 0 Å². The largest absolute Gasteiger partial charge is 0.490 e. The first-order valence-electron chi connectivity index (χ1n) is 9.85. The molecule has 0 saturated carbocycles. The van der Waals surface area contributed by atoms with Crippen LogP contribution in [0.25, 0.3) is 6.08 Å². The van der Waals surface area contributed by atoms with Crippen LogP contribution in [0.3, 0.4) is 0 Å². The summed E-state index contributed by atoms with van der Waals surface area (Å²) >= 11 is 18.2. The van der Waals surface area contributed by atoms with Crippen molar-refractivity contribution >= 4 is 75.4 Å². The first kappa shape index (κ1) is 25.8. The number of thiocarbonyl (C=S) groups is 1. The smallest absolute Gasteiger partial charge is 0.306 e. The summed E-state index contributed by atoms with van der Waals surface area (Å²) in [4.78, 5) is 36.5. The van der Waals surface area contributed by atoms with Crippen molar-refractivity contribution in [3.8, 4) is 11.5 Å². The second kappa shape index (κ2) is 11.6. The fraction of sp³-hybridized carbons (Fsp3) is 0.182. The van der Waals surface area contributed by atoms with E-state index >= 15 is 0 Å². The van der Waals surface area contributed by atoms with E-state index in [0.29, 0.717) is 28.7 Å². The lowest BCUT2D eigenvalue weighted by Crippen LogP contribution is -2.44. The summed E-state index contributed by atoms with van der Waals surface area (Å²) in [5.74, 6) is -1.29. The maximum atomic E-state index is 12.9. The molecule has 0 unspecified atom stereocenters. The second-order valence-electron chi connectivity index (χ2n) is 6.71. The molecular weight excluding hydrogens is 523 g/mol. The summed E-state index contributed by atoms with van der Waals surface area (Å²) in [5, 5.41) is 10.3. The van der Waals surface area contributed by atoms with Crippen molar-refractivity contribution < 1.29 is 29.0 Å². The molecule has 1 saturated heterocycles. The van der Waals surface area contributed by atoms with Gasteiger partial charge < -0.3 is 14.6 Å². The second-order valence-corrected chi connectivity index (χ2v) is 9.23. The van der Waals surface area contributed by atoms with Gasteiger partial charge in [0.15, 0.2) is 15.8 Å². The topological polar surface area (TPSA) is 105 Å². The lowest BCUT2D eigenvalue weighted by molar-refractivity contribution is -0.137. The highest BCUT2D eigenvalue weighted by molar-refractivity contribution is 8.26. The predicted octanol–water partition coefficient (Wildman–Crippen LogP) is 4.79. The number of nitrogens with zero attached hydrogens (tertiary/aromatic N) is 1. The number of hydrogen-bond donors (Lipinski definition) is 2. The van der Waals surface area contributed by atoms with E-state index in [0.717, 1.165) is 16.8 Å². The number of benzene rings is 2. The van der Waals surface area contributed by atoms with Crippen LogP contribution in [0, 0.1) is 0 Å². The van der Waals surface area contributed by atoms with E-state index in [-0.39, 0.29) is 32.8 Å². The van der Waals surface area contributed by atoms with Crippen LogP contribution in [0.5, 0.6) is 11.5 Å². The molecule has 178 valence electrons. The molecule has 1 heterocycles. The Morgan fingerprint density at radius 3 is 2.62 bits per heavy atom. The highest BCUT2D eigenvalue weighted by atomic mass is 35.5. The summed E-state index contributed by atoms with van der Waals surface area (Å²) in [7, 11) is 0. The van der Waals surface area contributed by atoms with Gasteiger partial charge in [0.1, 0.15) is 0 Å². The zero-order valence-electron chi connectivity index (χ0n) is 17.7. The highest BCUT2D eigenvalue weighted by Gasteiger charge is 2.34. The Bertz CT molecular complexity index is 1190. The Morgan fingerprint density at radius 1 is 1.18 bits per heavy atom. The molecule has 0 atom stereocenters. The third kappa shape index (κ3) is 6.41. The number of hydrazine groups is 1. The van der Waals surface area contributed by atoms with Crippen molar-refractivity contribution in [2.24, 2.45) is 0 Å². The van der Waals surface area contributed by atoms with Crippen molar-refractivity contribution in [2.45, 2.75) is 13.3 Å². The molecule has 1 aliphatic rings. The van der Waals surface area contributed by atoms with Gasteiger partial charge in [-0.05, 0) is 61.1 Å². The van der Waals surface area contributed by atoms with Crippen molar-refractivity contribution in [3.05, 3.63) is 62.5 Å². The van der Waals surface area contributed by atoms with E-state index in [9.17, 15) is 14.4 Å². The van der Waals surface area contributed by atoms with E-state index in [1.165, 1.54) is 18.2 Å². The molecule has 3 rings (SSSR count). The average Bonchev–Trinajstić information content (AvgIpc) is 3.02. The van der Waals surface area contributed by atoms with Gasteiger partial charge >= 0.3 is 5.97 Å². The Kier molecular flexibility index (Phi) is 8.78. The molecule has 2 N–H and O–H groups in total. The molecule has 0 spiro atoms. The standard InChI is InChI=1S/C22H18Cl2N2O6S2/c1-2-31-17-9-12(3-6-16(17)32-8-7-19(27)28)10-18-21(30)26(22(33)34-18)25-20(29)14-5-4-13(23)11-15(14)24/h3-6,9-11H,2,7-8H2,1H3,(H,25,29)(H,27,28)/b18-10+. The van der Waals surface area contributed by atoms with Crippen molar-refractivity contribution in [1.29, 1.82) is 0 Å². The number of thioether (sulfide) groups is 1. The number of hydrogen-bond acceptors (Lipinski definition) is 7. The Hall–Kier alpha value is -2.79. The predicted molar refractivity (Wildman–Crippen MR) is 134 cm³/mol. The quantitative estimate of drug-likeness (QED) is 0.345. The van der Waals surface area contributed by atoms with E-state index in [1.807, 2.05) is 0 Å². The van der Waals surface area contributed by atoms with Crippen LogP contribution in [0.2, 0.25) is 10.0 Å². The van der Waals surface area contributed by atoms with Gasteiger partial charge in [-0.25, -0.2) is 0 Å². The summed E-state index contributed by atoms with van der Waals surface area (Å²) in [5.41, 5.74) is 3.23. The summed E-state index contributed by atoms with van der Waals surface area (Å²) in [6, 6.07) is 9.37. The van der Waals surface area contributed by atoms with Crippen LogP contribution < -0.4 is 14.9 Å². The first-order valence-corrected chi connectivity index (χ1v) is 11.8. The van der Waals surface area contributed by atoms with Crippen LogP contribution in [0.4, 0.5) is 0 Å². The van der Waals surface area contributed by atoms with E-state index in [2.05, 4.69) is 5.43 Å². The summed E-state index contributed by atoms with van der Waals surface area (Å²) in [6.45, 7) is 2.15. The molecule has 1 aliphatic heterocycles. The fourth-order valence-electron chi connectivity index (χ4n) is 2.80. The molecule has 2 amide bonds. The summed E-state index contributed by atoms with van der Waals surface area (Å²) < 4.78 is 11.2. The Labute approximate surface area is 214 Å². The van der Waals surface area contributed by atoms with Gasteiger partial charge in [-0.2, -0.15) is 5.01 Å². The van der Waals surface area contributed by atoms with Gasteiger partial charge in [0, 0.05) is 5.02 Å². The van der Waals surface area contributed by atoms with Crippen molar-refractivity contribution in [2.75, 3.05) is 13.2 Å². The first-order chi connectivity index (χ1) is 16.2. The Morgan fingerprint density at radius 2 is 1.94 bits per heavy atom. The number of carbonyl (C=O) groups is 3. The minimum absolute atomic E-state index is 0.00918. The minimum Gasteiger partial charge on any atom is -0.490 e. The van der Waals surface area contributed by atoms with Crippen LogP contribution in [-0.2, 0) is 9.59 Å². The van der Waals surface area contributed by atoms with Gasteiger partial charge in [-0.15, -0.1) is 0 Å². The van der Waals surface area contributed by atoms with Crippen LogP contribution >= 0.6 is 47.2 Å². The molecule has 2 aromatic rings. The third-order valence-electron chi connectivity index (χ3n) is 4.32. The maximum Gasteiger partial charge on any atom is 0.306 e. The molecule has 0 radical (unpaired) electrons. The number of nitrogens with one attached hydrogen (secondary N) is 1. The Balaban J connectivity index is 1.76. The molecule has 1 fully saturated rings. The molecule has 34 heavy (non-hydrogen) atoms. The van der Waals surface area contributed by atoms with E-state index in [4.69, 9.17) is 50.0 Å². The van der Waals surface area contributed by atoms with Crippen LogP contribution in [0.1, 0.15) is 29.3 Å². The lowest BCUT2D eigenvalue weighted by atomic mass is 10.2. The molecule has 12 heteroatoms. The third-order valence-corrected chi connectivity index (χ3v) is 6.17. The number of amides is 2. The zero-order chi connectivity index (χ0) is 24.8. The maximum absolute atomic E-state index is 12.9. The van der Waals surface area contributed by atoms with Crippen molar-refractivity contribution in [1.82, 2.24) is 10.4 Å². The number of carboxylic acids is 1. The molecular formula is C22H18Cl2N2O6S2.